The summed E-state index contributed by atoms with van der Waals surface area (Å²) in [5.74, 6) is 0. The summed E-state index contributed by atoms with van der Waals surface area (Å²) in [5.41, 5.74) is 0. The van der Waals surface area contributed by atoms with Crippen molar-refractivity contribution >= 4 is 0 Å². The molecular formula is C9H18O4. The third kappa shape index (κ3) is 5.21. The van der Waals surface area contributed by atoms with Gasteiger partial charge in [-0.05, 0) is 6.92 Å². The van der Waals surface area contributed by atoms with E-state index in [1.807, 2.05) is 6.92 Å². The first kappa shape index (κ1) is 10.9. The van der Waals surface area contributed by atoms with Crippen molar-refractivity contribution in [3.05, 3.63) is 0 Å². The van der Waals surface area contributed by atoms with Crippen LogP contribution >= 0.6 is 0 Å². The molecule has 0 spiro atoms. The predicted octanol–water partition coefficient (Wildman–Crippen LogP) is 0.453. The van der Waals surface area contributed by atoms with Gasteiger partial charge in [-0.1, -0.05) is 0 Å². The Hall–Kier alpha value is -0.160. The minimum atomic E-state index is 0.318. The average Bonchev–Trinajstić information content (AvgIpc) is 2.81. The van der Waals surface area contributed by atoms with Gasteiger partial charge in [-0.2, -0.15) is 0 Å². The van der Waals surface area contributed by atoms with Crippen LogP contribution in [0.25, 0.3) is 0 Å². The Bertz CT molecular complexity index is 129. The van der Waals surface area contributed by atoms with Gasteiger partial charge < -0.3 is 18.9 Å². The summed E-state index contributed by atoms with van der Waals surface area (Å²) in [6, 6.07) is 0. The third-order valence-electron chi connectivity index (χ3n) is 1.92. The zero-order chi connectivity index (χ0) is 9.52. The Morgan fingerprint density at radius 3 is 2.31 bits per heavy atom. The van der Waals surface area contributed by atoms with E-state index in [0.717, 1.165) is 0 Å². The Morgan fingerprint density at radius 1 is 1.08 bits per heavy atom. The third-order valence-corrected chi connectivity index (χ3v) is 1.92. The zero-order valence-corrected chi connectivity index (χ0v) is 8.32. The minimum Gasteiger partial charge on any atom is -0.382 e. The van der Waals surface area contributed by atoms with E-state index in [0.29, 0.717) is 45.2 Å². The molecule has 0 bridgehead atoms. The highest BCUT2D eigenvalue weighted by molar-refractivity contribution is 4.79. The molecule has 0 amide bonds. The maximum absolute atomic E-state index is 5.32. The summed E-state index contributed by atoms with van der Waals surface area (Å²) < 4.78 is 20.5. The van der Waals surface area contributed by atoms with E-state index < -0.39 is 0 Å². The molecule has 0 aliphatic carbocycles. The van der Waals surface area contributed by atoms with Crippen LogP contribution < -0.4 is 0 Å². The lowest BCUT2D eigenvalue weighted by Gasteiger charge is -2.03. The van der Waals surface area contributed by atoms with Crippen LogP contribution in [-0.2, 0) is 18.9 Å². The highest BCUT2D eigenvalue weighted by Crippen LogP contribution is 2.20. The van der Waals surface area contributed by atoms with Gasteiger partial charge in [0.25, 0.3) is 0 Å². The molecule has 2 unspecified atom stereocenters. The number of methoxy groups -OCH3 is 1. The topological polar surface area (TPSA) is 40.2 Å². The van der Waals surface area contributed by atoms with Crippen LogP contribution in [0.4, 0.5) is 0 Å². The second-order valence-corrected chi connectivity index (χ2v) is 3.06. The molecule has 0 saturated carbocycles. The molecule has 1 aliphatic rings. The van der Waals surface area contributed by atoms with Crippen LogP contribution in [0.3, 0.4) is 0 Å². The molecule has 1 aliphatic heterocycles. The molecule has 0 aromatic rings. The monoisotopic (exact) mass is 190 g/mol. The molecule has 0 aromatic heterocycles. The standard InChI is InChI=1S/C9H18O4/c1-8-9(13-8)7-12-6-5-11-4-3-10-2/h8-9H,3-7H2,1-2H3. The SMILES string of the molecule is COCCOCCOCC1OC1C. The first-order valence-electron chi connectivity index (χ1n) is 4.64. The summed E-state index contributed by atoms with van der Waals surface area (Å²) >= 11 is 0. The molecule has 1 rings (SSSR count). The van der Waals surface area contributed by atoms with Gasteiger partial charge in [0.05, 0.1) is 39.1 Å². The predicted molar refractivity (Wildman–Crippen MR) is 47.8 cm³/mol. The molecule has 78 valence electrons. The first-order valence-corrected chi connectivity index (χ1v) is 4.64. The zero-order valence-electron chi connectivity index (χ0n) is 8.32. The van der Waals surface area contributed by atoms with E-state index >= 15 is 0 Å². The minimum absolute atomic E-state index is 0.318. The van der Waals surface area contributed by atoms with Crippen molar-refractivity contribution in [2.45, 2.75) is 19.1 Å². The summed E-state index contributed by atoms with van der Waals surface area (Å²) in [6.07, 6.45) is 0.702. The van der Waals surface area contributed by atoms with E-state index in [9.17, 15) is 0 Å². The first-order chi connectivity index (χ1) is 6.34. The Morgan fingerprint density at radius 2 is 1.69 bits per heavy atom. The molecule has 13 heavy (non-hydrogen) atoms. The van der Waals surface area contributed by atoms with E-state index in [1.54, 1.807) is 7.11 Å². The van der Waals surface area contributed by atoms with E-state index in [-0.39, 0.29) is 0 Å². The van der Waals surface area contributed by atoms with E-state index in [4.69, 9.17) is 18.9 Å². The molecule has 0 N–H and O–H groups in total. The molecule has 4 nitrogen and oxygen atoms in total. The van der Waals surface area contributed by atoms with Gasteiger partial charge in [-0.15, -0.1) is 0 Å². The molecule has 1 fully saturated rings. The molecule has 2 atom stereocenters. The fourth-order valence-corrected chi connectivity index (χ4v) is 0.967. The summed E-state index contributed by atoms with van der Waals surface area (Å²) in [6.45, 7) is 5.28. The van der Waals surface area contributed by atoms with Crippen LogP contribution in [0.15, 0.2) is 0 Å². The van der Waals surface area contributed by atoms with Crippen molar-refractivity contribution in [3.8, 4) is 0 Å². The van der Waals surface area contributed by atoms with Crippen LogP contribution in [0, 0.1) is 0 Å². The molecule has 0 aromatic carbocycles. The van der Waals surface area contributed by atoms with Gasteiger partial charge in [-0.3, -0.25) is 0 Å². The van der Waals surface area contributed by atoms with E-state index in [2.05, 4.69) is 0 Å². The maximum atomic E-state index is 5.32. The fourth-order valence-electron chi connectivity index (χ4n) is 0.967. The Kier molecular flexibility index (Phi) is 5.31. The lowest BCUT2D eigenvalue weighted by Crippen LogP contribution is -2.11. The number of rotatable bonds is 8. The number of hydrogen-bond acceptors (Lipinski definition) is 4. The van der Waals surface area contributed by atoms with Gasteiger partial charge in [-0.25, -0.2) is 0 Å². The quantitative estimate of drug-likeness (QED) is 0.411. The van der Waals surface area contributed by atoms with Gasteiger partial charge in [0.15, 0.2) is 0 Å². The molecular weight excluding hydrogens is 172 g/mol. The van der Waals surface area contributed by atoms with Crippen LogP contribution in [0.1, 0.15) is 6.92 Å². The number of epoxide rings is 1. The Labute approximate surface area is 79.1 Å². The molecule has 1 heterocycles. The lowest BCUT2D eigenvalue weighted by molar-refractivity contribution is 0.0213. The highest BCUT2D eigenvalue weighted by Gasteiger charge is 2.33. The maximum Gasteiger partial charge on any atom is 0.107 e. The molecule has 4 heteroatoms. The van der Waals surface area contributed by atoms with E-state index in [1.165, 1.54) is 0 Å². The van der Waals surface area contributed by atoms with Crippen molar-refractivity contribution in [1.29, 1.82) is 0 Å². The second kappa shape index (κ2) is 6.32. The summed E-state index contributed by atoms with van der Waals surface area (Å²) in [7, 11) is 1.66. The fraction of sp³-hybridized carbons (Fsp3) is 1.00. The van der Waals surface area contributed by atoms with Gasteiger partial charge in [0, 0.05) is 7.11 Å². The van der Waals surface area contributed by atoms with Gasteiger partial charge in [0.1, 0.15) is 6.10 Å². The highest BCUT2D eigenvalue weighted by atomic mass is 16.6. The van der Waals surface area contributed by atoms with Crippen molar-refractivity contribution in [2.24, 2.45) is 0 Å². The number of ether oxygens (including phenoxy) is 4. The van der Waals surface area contributed by atoms with Crippen molar-refractivity contribution in [2.75, 3.05) is 40.1 Å². The molecule has 0 radical (unpaired) electrons. The van der Waals surface area contributed by atoms with Crippen molar-refractivity contribution in [1.82, 2.24) is 0 Å². The van der Waals surface area contributed by atoms with Crippen molar-refractivity contribution < 1.29 is 18.9 Å². The second-order valence-electron chi connectivity index (χ2n) is 3.06. The molecule has 1 saturated heterocycles. The lowest BCUT2D eigenvalue weighted by atomic mass is 10.4. The van der Waals surface area contributed by atoms with Crippen LogP contribution in [-0.4, -0.2) is 52.4 Å². The Balaban J connectivity index is 1.69. The average molecular weight is 190 g/mol. The van der Waals surface area contributed by atoms with Gasteiger partial charge in [0.2, 0.25) is 0 Å². The smallest absolute Gasteiger partial charge is 0.107 e. The summed E-state index contributed by atoms with van der Waals surface area (Å²) in [5, 5.41) is 0. The normalized spacial score (nSPS) is 26.3. The largest absolute Gasteiger partial charge is 0.382 e. The van der Waals surface area contributed by atoms with Crippen molar-refractivity contribution in [3.63, 3.8) is 0 Å². The van der Waals surface area contributed by atoms with Gasteiger partial charge >= 0.3 is 0 Å². The van der Waals surface area contributed by atoms with Crippen LogP contribution in [0.2, 0.25) is 0 Å². The summed E-state index contributed by atoms with van der Waals surface area (Å²) in [4.78, 5) is 0. The number of hydrogen-bond donors (Lipinski definition) is 0. The van der Waals surface area contributed by atoms with Crippen LogP contribution in [0.5, 0.6) is 0 Å².